The summed E-state index contributed by atoms with van der Waals surface area (Å²) < 4.78 is 32.1. The molecule has 1 amide bonds. The first-order valence-electron chi connectivity index (χ1n) is 8.75. The number of hydrogen-bond acceptors (Lipinski definition) is 4. The highest BCUT2D eigenvalue weighted by molar-refractivity contribution is 7.89. The van der Waals surface area contributed by atoms with Crippen molar-refractivity contribution in [2.45, 2.75) is 56.5 Å². The molecule has 0 saturated heterocycles. The van der Waals surface area contributed by atoms with Crippen LogP contribution < -0.4 is 10.0 Å². The summed E-state index contributed by atoms with van der Waals surface area (Å²) >= 11 is 0. The van der Waals surface area contributed by atoms with Crippen LogP contribution in [-0.2, 0) is 14.8 Å². The lowest BCUT2D eigenvalue weighted by molar-refractivity contribution is 0.0910. The predicted octanol–water partition coefficient (Wildman–Crippen LogP) is 2.31. The second kappa shape index (κ2) is 8.78. The van der Waals surface area contributed by atoms with E-state index >= 15 is 0 Å². The Hall–Kier alpha value is -1.44. The van der Waals surface area contributed by atoms with Crippen molar-refractivity contribution in [2.24, 2.45) is 5.92 Å². The fourth-order valence-electron chi connectivity index (χ4n) is 3.18. The number of carbonyl (C=O) groups is 1. The Morgan fingerprint density at radius 2 is 1.88 bits per heavy atom. The number of ether oxygens (including phenoxy) is 1. The maximum atomic E-state index is 12.4. The molecule has 0 spiro atoms. The molecule has 1 fully saturated rings. The van der Waals surface area contributed by atoms with Crippen LogP contribution in [0, 0.1) is 5.92 Å². The van der Waals surface area contributed by atoms with Gasteiger partial charge < -0.3 is 10.1 Å². The zero-order valence-corrected chi connectivity index (χ0v) is 15.9. The molecule has 2 rings (SSSR count). The molecule has 0 aromatic heterocycles. The van der Waals surface area contributed by atoms with Crippen LogP contribution in [0.1, 0.15) is 49.9 Å². The molecule has 7 heteroatoms. The van der Waals surface area contributed by atoms with E-state index in [2.05, 4.69) is 17.0 Å². The van der Waals surface area contributed by atoms with E-state index in [4.69, 9.17) is 4.74 Å². The van der Waals surface area contributed by atoms with E-state index in [1.54, 1.807) is 19.1 Å². The Morgan fingerprint density at radius 3 is 2.48 bits per heavy atom. The molecule has 1 aromatic carbocycles. The molecule has 0 bridgehead atoms. The summed E-state index contributed by atoms with van der Waals surface area (Å²) in [5.41, 5.74) is 0.474. The van der Waals surface area contributed by atoms with Gasteiger partial charge in [0.25, 0.3) is 5.91 Å². The summed E-state index contributed by atoms with van der Waals surface area (Å²) in [6.07, 6.45) is 4.49. The van der Waals surface area contributed by atoms with Gasteiger partial charge in [-0.2, -0.15) is 0 Å². The van der Waals surface area contributed by atoms with Gasteiger partial charge in [-0.3, -0.25) is 4.79 Å². The molecule has 2 N–H and O–H groups in total. The standard InChI is InChI=1S/C18H28N2O4S/c1-13-6-4-5-7-17(13)19-18(21)15-8-10-16(11-9-15)25(22,23)20-14(2)12-24-3/h8-11,13-14,17,20H,4-7,12H2,1-3H3,(H,19,21)/t13-,14-,17-/m0/s1. The molecule has 0 unspecified atom stereocenters. The fourth-order valence-corrected chi connectivity index (χ4v) is 4.41. The second-order valence-electron chi connectivity index (χ2n) is 6.84. The zero-order valence-electron chi connectivity index (χ0n) is 15.1. The van der Waals surface area contributed by atoms with E-state index < -0.39 is 10.0 Å². The average Bonchev–Trinajstić information content (AvgIpc) is 2.57. The lowest BCUT2D eigenvalue weighted by atomic mass is 9.86. The predicted molar refractivity (Wildman–Crippen MR) is 97.0 cm³/mol. The van der Waals surface area contributed by atoms with Crippen molar-refractivity contribution in [3.05, 3.63) is 29.8 Å². The Morgan fingerprint density at radius 1 is 1.24 bits per heavy atom. The lowest BCUT2D eigenvalue weighted by Gasteiger charge is -2.29. The molecule has 0 heterocycles. The van der Waals surface area contributed by atoms with Gasteiger partial charge in [0, 0.05) is 24.8 Å². The molecule has 0 aliphatic heterocycles. The van der Waals surface area contributed by atoms with Crippen LogP contribution in [0.25, 0.3) is 0 Å². The third-order valence-corrected chi connectivity index (χ3v) is 6.23. The maximum Gasteiger partial charge on any atom is 0.251 e. The van der Waals surface area contributed by atoms with Crippen molar-refractivity contribution in [2.75, 3.05) is 13.7 Å². The van der Waals surface area contributed by atoms with Crippen molar-refractivity contribution in [3.63, 3.8) is 0 Å². The molecular weight excluding hydrogens is 340 g/mol. The van der Waals surface area contributed by atoms with E-state index in [1.165, 1.54) is 25.7 Å². The minimum Gasteiger partial charge on any atom is -0.383 e. The molecular formula is C18H28N2O4S. The molecule has 1 aliphatic rings. The van der Waals surface area contributed by atoms with Crippen LogP contribution in [-0.4, -0.2) is 40.1 Å². The van der Waals surface area contributed by atoms with Crippen LogP contribution >= 0.6 is 0 Å². The van der Waals surface area contributed by atoms with E-state index in [0.29, 0.717) is 18.1 Å². The smallest absolute Gasteiger partial charge is 0.251 e. The summed E-state index contributed by atoms with van der Waals surface area (Å²) in [5, 5.41) is 3.07. The van der Waals surface area contributed by atoms with Crippen LogP contribution in [0.4, 0.5) is 0 Å². The van der Waals surface area contributed by atoms with Gasteiger partial charge in [-0.05, 0) is 49.9 Å². The Balaban J connectivity index is 2.02. The highest BCUT2D eigenvalue weighted by Crippen LogP contribution is 2.24. The number of methoxy groups -OCH3 is 1. The fraction of sp³-hybridized carbons (Fsp3) is 0.611. The Kier molecular flexibility index (Phi) is 6.98. The molecule has 1 saturated carbocycles. The third-order valence-electron chi connectivity index (χ3n) is 4.63. The molecule has 6 nitrogen and oxygen atoms in total. The highest BCUT2D eigenvalue weighted by Gasteiger charge is 2.23. The lowest BCUT2D eigenvalue weighted by Crippen LogP contribution is -2.41. The van der Waals surface area contributed by atoms with E-state index in [9.17, 15) is 13.2 Å². The average molecular weight is 368 g/mol. The van der Waals surface area contributed by atoms with E-state index in [0.717, 1.165) is 19.3 Å². The Labute approximate surface area is 150 Å². The first kappa shape index (κ1) is 19.9. The SMILES string of the molecule is COC[C@H](C)NS(=O)(=O)c1ccc(C(=O)N[C@H]2CCCC[C@@H]2C)cc1. The van der Waals surface area contributed by atoms with Gasteiger partial charge in [-0.25, -0.2) is 13.1 Å². The van der Waals surface area contributed by atoms with Crippen LogP contribution in [0.3, 0.4) is 0 Å². The summed E-state index contributed by atoms with van der Waals surface area (Å²) in [7, 11) is -2.10. The minimum atomic E-state index is -3.62. The first-order chi connectivity index (χ1) is 11.8. The monoisotopic (exact) mass is 368 g/mol. The quantitative estimate of drug-likeness (QED) is 0.773. The van der Waals surface area contributed by atoms with Gasteiger partial charge in [-0.15, -0.1) is 0 Å². The number of benzene rings is 1. The maximum absolute atomic E-state index is 12.4. The van der Waals surface area contributed by atoms with Gasteiger partial charge in [0.05, 0.1) is 11.5 Å². The molecule has 0 radical (unpaired) electrons. The number of amides is 1. The number of rotatable bonds is 7. The number of carbonyl (C=O) groups excluding carboxylic acids is 1. The van der Waals surface area contributed by atoms with Gasteiger partial charge in [0.1, 0.15) is 0 Å². The normalized spacial score (nSPS) is 22.4. The molecule has 25 heavy (non-hydrogen) atoms. The molecule has 1 aliphatic carbocycles. The summed E-state index contributed by atoms with van der Waals surface area (Å²) in [6, 6.07) is 5.89. The van der Waals surface area contributed by atoms with E-state index in [1.807, 2.05) is 0 Å². The van der Waals surface area contributed by atoms with Crippen LogP contribution in [0.2, 0.25) is 0 Å². The summed E-state index contributed by atoms with van der Waals surface area (Å²) in [6.45, 7) is 4.18. The summed E-state index contributed by atoms with van der Waals surface area (Å²) in [5.74, 6) is 0.326. The molecule has 1 aromatic rings. The number of hydrogen-bond donors (Lipinski definition) is 2. The van der Waals surface area contributed by atoms with E-state index in [-0.39, 0.29) is 22.9 Å². The molecule has 140 valence electrons. The first-order valence-corrected chi connectivity index (χ1v) is 10.2. The van der Waals surface area contributed by atoms with Gasteiger partial charge in [0.15, 0.2) is 0 Å². The zero-order chi connectivity index (χ0) is 18.4. The van der Waals surface area contributed by atoms with Gasteiger partial charge >= 0.3 is 0 Å². The highest BCUT2D eigenvalue weighted by atomic mass is 32.2. The topological polar surface area (TPSA) is 84.5 Å². The van der Waals surface area contributed by atoms with Crippen LogP contribution in [0.5, 0.6) is 0 Å². The van der Waals surface area contributed by atoms with Crippen molar-refractivity contribution >= 4 is 15.9 Å². The molecule has 3 atom stereocenters. The van der Waals surface area contributed by atoms with Gasteiger partial charge in [-0.1, -0.05) is 19.8 Å². The number of sulfonamides is 1. The van der Waals surface area contributed by atoms with Crippen molar-refractivity contribution in [1.29, 1.82) is 0 Å². The van der Waals surface area contributed by atoms with Crippen LogP contribution in [0.15, 0.2) is 29.2 Å². The summed E-state index contributed by atoms with van der Waals surface area (Å²) in [4.78, 5) is 12.5. The van der Waals surface area contributed by atoms with Crippen molar-refractivity contribution < 1.29 is 17.9 Å². The number of nitrogens with one attached hydrogen (secondary N) is 2. The second-order valence-corrected chi connectivity index (χ2v) is 8.56. The van der Waals surface area contributed by atoms with Gasteiger partial charge in [0.2, 0.25) is 10.0 Å². The minimum absolute atomic E-state index is 0.137. The Bertz CT molecular complexity index is 673. The van der Waals surface area contributed by atoms with Crippen molar-refractivity contribution in [3.8, 4) is 0 Å². The largest absolute Gasteiger partial charge is 0.383 e. The third kappa shape index (κ3) is 5.52. The van der Waals surface area contributed by atoms with Crippen molar-refractivity contribution in [1.82, 2.24) is 10.0 Å².